The van der Waals surface area contributed by atoms with Crippen LogP contribution in [0.1, 0.15) is 6.92 Å². The Bertz CT molecular complexity index is 360. The number of rotatable bonds is 1. The highest BCUT2D eigenvalue weighted by molar-refractivity contribution is 5.45. The number of anilines is 1. The molecule has 1 fully saturated rings. The van der Waals surface area contributed by atoms with Crippen molar-refractivity contribution in [2.45, 2.75) is 13.0 Å². The summed E-state index contributed by atoms with van der Waals surface area (Å²) in [6.45, 7) is 5.06. The summed E-state index contributed by atoms with van der Waals surface area (Å²) in [5, 5.41) is 3.37. The van der Waals surface area contributed by atoms with Crippen LogP contribution in [0, 0.1) is 0 Å². The van der Waals surface area contributed by atoms with Gasteiger partial charge in [0, 0.05) is 43.6 Å². The van der Waals surface area contributed by atoms with Crippen molar-refractivity contribution in [2.75, 3.05) is 24.5 Å². The molecule has 0 aromatic carbocycles. The first-order chi connectivity index (χ1) is 6.75. The van der Waals surface area contributed by atoms with Crippen molar-refractivity contribution in [3.05, 3.63) is 28.7 Å². The van der Waals surface area contributed by atoms with Gasteiger partial charge in [-0.3, -0.25) is 4.79 Å². The molecule has 0 unspecified atom stereocenters. The number of piperazine rings is 1. The molecule has 0 bridgehead atoms. The van der Waals surface area contributed by atoms with Gasteiger partial charge >= 0.3 is 0 Å². The third kappa shape index (κ3) is 1.96. The predicted molar refractivity (Wildman–Crippen MR) is 56.7 cm³/mol. The Balaban J connectivity index is 2.18. The number of aromatic amines is 1. The molecular formula is C10H15N3O. The third-order valence-electron chi connectivity index (χ3n) is 2.49. The molecule has 0 amide bonds. The highest BCUT2D eigenvalue weighted by Gasteiger charge is 2.15. The van der Waals surface area contributed by atoms with Crippen LogP contribution < -0.4 is 15.8 Å². The van der Waals surface area contributed by atoms with E-state index in [1.807, 2.05) is 6.07 Å². The SMILES string of the molecule is C[C@@H]1CN(c2cc[nH]c(=O)c2)CCN1. The second kappa shape index (κ2) is 3.84. The van der Waals surface area contributed by atoms with Gasteiger partial charge in [0.25, 0.3) is 0 Å². The average Bonchev–Trinajstić information content (AvgIpc) is 2.18. The van der Waals surface area contributed by atoms with Crippen molar-refractivity contribution < 1.29 is 0 Å². The number of nitrogens with one attached hydrogen (secondary N) is 2. The lowest BCUT2D eigenvalue weighted by atomic mass is 10.2. The molecule has 14 heavy (non-hydrogen) atoms. The molecule has 2 rings (SSSR count). The number of hydrogen-bond donors (Lipinski definition) is 2. The fourth-order valence-corrected chi connectivity index (χ4v) is 1.80. The number of hydrogen-bond acceptors (Lipinski definition) is 3. The fraction of sp³-hybridized carbons (Fsp3) is 0.500. The average molecular weight is 193 g/mol. The largest absolute Gasteiger partial charge is 0.369 e. The quantitative estimate of drug-likeness (QED) is 0.668. The Morgan fingerprint density at radius 3 is 3.14 bits per heavy atom. The first-order valence-corrected chi connectivity index (χ1v) is 4.93. The van der Waals surface area contributed by atoms with E-state index in [1.165, 1.54) is 0 Å². The van der Waals surface area contributed by atoms with E-state index in [0.717, 1.165) is 25.3 Å². The lowest BCUT2D eigenvalue weighted by molar-refractivity contribution is 0.484. The van der Waals surface area contributed by atoms with Crippen LogP contribution in [-0.2, 0) is 0 Å². The lowest BCUT2D eigenvalue weighted by Crippen LogP contribution is -2.49. The molecule has 0 radical (unpaired) electrons. The molecule has 2 heterocycles. The molecule has 76 valence electrons. The molecular weight excluding hydrogens is 178 g/mol. The van der Waals surface area contributed by atoms with Gasteiger partial charge in [-0.05, 0) is 13.0 Å². The first-order valence-electron chi connectivity index (χ1n) is 4.93. The van der Waals surface area contributed by atoms with Crippen molar-refractivity contribution in [3.63, 3.8) is 0 Å². The van der Waals surface area contributed by atoms with E-state index in [4.69, 9.17) is 0 Å². The van der Waals surface area contributed by atoms with Crippen LogP contribution in [0.5, 0.6) is 0 Å². The minimum Gasteiger partial charge on any atom is -0.369 e. The number of H-pyrrole nitrogens is 1. The summed E-state index contributed by atoms with van der Waals surface area (Å²) in [6.07, 6.45) is 1.70. The normalized spacial score (nSPS) is 22.4. The van der Waals surface area contributed by atoms with Crippen LogP contribution >= 0.6 is 0 Å². The maximum atomic E-state index is 11.1. The zero-order chi connectivity index (χ0) is 9.97. The second-order valence-corrected chi connectivity index (χ2v) is 3.71. The molecule has 1 aromatic heterocycles. The van der Waals surface area contributed by atoms with Crippen molar-refractivity contribution in [1.29, 1.82) is 0 Å². The fourth-order valence-electron chi connectivity index (χ4n) is 1.80. The molecule has 1 aromatic rings. The van der Waals surface area contributed by atoms with Crippen LogP contribution in [0.25, 0.3) is 0 Å². The van der Waals surface area contributed by atoms with Crippen LogP contribution in [-0.4, -0.2) is 30.7 Å². The van der Waals surface area contributed by atoms with E-state index in [-0.39, 0.29) is 5.56 Å². The second-order valence-electron chi connectivity index (χ2n) is 3.71. The highest BCUT2D eigenvalue weighted by Crippen LogP contribution is 2.12. The van der Waals surface area contributed by atoms with Gasteiger partial charge < -0.3 is 15.2 Å². The van der Waals surface area contributed by atoms with Crippen molar-refractivity contribution in [3.8, 4) is 0 Å². The smallest absolute Gasteiger partial charge is 0.249 e. The van der Waals surface area contributed by atoms with Gasteiger partial charge in [-0.25, -0.2) is 0 Å². The van der Waals surface area contributed by atoms with Gasteiger partial charge in [-0.2, -0.15) is 0 Å². The van der Waals surface area contributed by atoms with Gasteiger partial charge in [-0.15, -0.1) is 0 Å². The van der Waals surface area contributed by atoms with Crippen LogP contribution in [0.15, 0.2) is 23.1 Å². The Kier molecular flexibility index (Phi) is 2.54. The number of aromatic nitrogens is 1. The van der Waals surface area contributed by atoms with Gasteiger partial charge in [0.15, 0.2) is 0 Å². The molecule has 0 spiro atoms. The molecule has 4 heteroatoms. The number of nitrogens with zero attached hydrogens (tertiary/aromatic N) is 1. The van der Waals surface area contributed by atoms with Crippen molar-refractivity contribution >= 4 is 5.69 Å². The molecule has 2 N–H and O–H groups in total. The zero-order valence-corrected chi connectivity index (χ0v) is 8.29. The van der Waals surface area contributed by atoms with E-state index in [0.29, 0.717) is 6.04 Å². The van der Waals surface area contributed by atoms with Crippen LogP contribution in [0.2, 0.25) is 0 Å². The summed E-state index contributed by atoms with van der Waals surface area (Å²) in [7, 11) is 0. The highest BCUT2D eigenvalue weighted by atomic mass is 16.1. The summed E-state index contributed by atoms with van der Waals surface area (Å²) in [6, 6.07) is 4.08. The van der Waals surface area contributed by atoms with Crippen LogP contribution in [0.3, 0.4) is 0 Å². The molecule has 0 aliphatic carbocycles. The van der Waals surface area contributed by atoms with Gasteiger partial charge in [-0.1, -0.05) is 0 Å². The zero-order valence-electron chi connectivity index (χ0n) is 8.29. The van der Waals surface area contributed by atoms with Gasteiger partial charge in [0.1, 0.15) is 0 Å². The maximum absolute atomic E-state index is 11.1. The minimum atomic E-state index is -0.0336. The lowest BCUT2D eigenvalue weighted by Gasteiger charge is -2.33. The molecule has 1 saturated heterocycles. The van der Waals surface area contributed by atoms with E-state index in [9.17, 15) is 4.79 Å². The third-order valence-corrected chi connectivity index (χ3v) is 2.49. The summed E-state index contributed by atoms with van der Waals surface area (Å²) in [5.74, 6) is 0. The van der Waals surface area contributed by atoms with E-state index < -0.39 is 0 Å². The molecule has 0 saturated carbocycles. The molecule has 1 aliphatic rings. The number of pyridine rings is 1. The summed E-state index contributed by atoms with van der Waals surface area (Å²) in [4.78, 5) is 16.0. The Hall–Kier alpha value is -1.29. The van der Waals surface area contributed by atoms with E-state index in [1.54, 1.807) is 12.3 Å². The Morgan fingerprint density at radius 2 is 2.43 bits per heavy atom. The topological polar surface area (TPSA) is 48.1 Å². The molecule has 1 aliphatic heterocycles. The van der Waals surface area contributed by atoms with Crippen LogP contribution in [0.4, 0.5) is 5.69 Å². The minimum absolute atomic E-state index is 0.0336. The maximum Gasteiger partial charge on any atom is 0.249 e. The summed E-state index contributed by atoms with van der Waals surface area (Å²) in [5.41, 5.74) is 0.982. The monoisotopic (exact) mass is 193 g/mol. The van der Waals surface area contributed by atoms with Gasteiger partial charge in [0.05, 0.1) is 0 Å². The molecule has 4 nitrogen and oxygen atoms in total. The van der Waals surface area contributed by atoms with E-state index >= 15 is 0 Å². The first kappa shape index (κ1) is 9.27. The summed E-state index contributed by atoms with van der Waals surface area (Å²) < 4.78 is 0. The predicted octanol–water partition coefficient (Wildman–Crippen LogP) is 0.173. The molecule has 1 atom stereocenters. The van der Waals surface area contributed by atoms with E-state index in [2.05, 4.69) is 22.1 Å². The Morgan fingerprint density at radius 1 is 1.57 bits per heavy atom. The van der Waals surface area contributed by atoms with Crippen molar-refractivity contribution in [1.82, 2.24) is 10.3 Å². The standard InChI is InChI=1S/C10H15N3O/c1-8-7-13(5-4-11-8)9-2-3-12-10(14)6-9/h2-3,6,8,11H,4-5,7H2,1H3,(H,12,14)/t8-/m1/s1. The Labute approximate surface area is 82.9 Å². The van der Waals surface area contributed by atoms with Crippen molar-refractivity contribution in [2.24, 2.45) is 0 Å². The summed E-state index contributed by atoms with van der Waals surface area (Å²) >= 11 is 0. The van der Waals surface area contributed by atoms with Gasteiger partial charge in [0.2, 0.25) is 5.56 Å².